The van der Waals surface area contributed by atoms with Gasteiger partial charge >= 0.3 is 11.8 Å². The van der Waals surface area contributed by atoms with E-state index in [4.69, 9.17) is 11.6 Å². The molecule has 108 valence electrons. The first-order valence-corrected chi connectivity index (χ1v) is 6.38. The molecule has 2 rings (SSSR count). The summed E-state index contributed by atoms with van der Waals surface area (Å²) in [5.74, 6) is -2.29. The lowest BCUT2D eigenvalue weighted by Gasteiger charge is -2.06. The van der Waals surface area contributed by atoms with Crippen LogP contribution in [-0.2, 0) is 16.1 Å². The lowest BCUT2D eigenvalue weighted by Crippen LogP contribution is -2.35. The van der Waals surface area contributed by atoms with Crippen LogP contribution in [0.1, 0.15) is 5.69 Å². The third kappa shape index (κ3) is 4.25. The maximum absolute atomic E-state index is 13.0. The lowest BCUT2D eigenvalue weighted by molar-refractivity contribution is -0.136. The molecule has 0 radical (unpaired) electrons. The van der Waals surface area contributed by atoms with Crippen molar-refractivity contribution in [2.24, 2.45) is 0 Å². The van der Waals surface area contributed by atoms with E-state index in [0.717, 1.165) is 6.07 Å². The van der Waals surface area contributed by atoms with Crippen LogP contribution < -0.4 is 10.6 Å². The highest BCUT2D eigenvalue weighted by molar-refractivity contribution is 6.39. The number of hydrogen-bond acceptors (Lipinski definition) is 3. The number of rotatable bonds is 3. The fraction of sp³-hybridized carbons (Fsp3) is 0.0714. The first-order chi connectivity index (χ1) is 10.1. The summed E-state index contributed by atoms with van der Waals surface area (Å²) in [5, 5.41) is 4.61. The second kappa shape index (κ2) is 6.81. The minimum absolute atomic E-state index is 0.136. The van der Waals surface area contributed by atoms with Crippen LogP contribution >= 0.6 is 11.6 Å². The molecule has 0 unspecified atom stereocenters. The molecule has 0 atom stereocenters. The molecule has 0 spiro atoms. The lowest BCUT2D eigenvalue weighted by atomic mass is 10.3. The second-order valence-electron chi connectivity index (χ2n) is 4.09. The standard InChI is InChI=1S/C14H11ClFN3O2/c15-11-7-9(4-5-12(11)16)19-14(21)13(20)18-8-10-3-1-2-6-17-10/h1-7H,8H2,(H,18,20)(H,19,21). The normalized spacial score (nSPS) is 10.0. The Morgan fingerprint density at radius 1 is 1.19 bits per heavy atom. The van der Waals surface area contributed by atoms with Gasteiger partial charge in [-0.3, -0.25) is 14.6 Å². The Balaban J connectivity index is 1.90. The van der Waals surface area contributed by atoms with Gasteiger partial charge in [0.15, 0.2) is 0 Å². The Bertz CT molecular complexity index is 665. The van der Waals surface area contributed by atoms with E-state index in [1.54, 1.807) is 24.4 Å². The van der Waals surface area contributed by atoms with Gasteiger partial charge in [-0.2, -0.15) is 0 Å². The van der Waals surface area contributed by atoms with E-state index in [9.17, 15) is 14.0 Å². The maximum atomic E-state index is 13.0. The van der Waals surface area contributed by atoms with Gasteiger partial charge < -0.3 is 10.6 Å². The number of benzene rings is 1. The van der Waals surface area contributed by atoms with Gasteiger partial charge in [-0.15, -0.1) is 0 Å². The first-order valence-electron chi connectivity index (χ1n) is 6.00. The number of anilines is 1. The highest BCUT2D eigenvalue weighted by Gasteiger charge is 2.14. The van der Waals surface area contributed by atoms with Crippen molar-refractivity contribution in [3.05, 3.63) is 59.1 Å². The predicted molar refractivity (Wildman–Crippen MR) is 76.1 cm³/mol. The van der Waals surface area contributed by atoms with Crippen molar-refractivity contribution in [3.63, 3.8) is 0 Å². The summed E-state index contributed by atoms with van der Waals surface area (Å²) in [4.78, 5) is 27.3. The summed E-state index contributed by atoms with van der Waals surface area (Å²) >= 11 is 5.58. The van der Waals surface area contributed by atoms with Crippen molar-refractivity contribution in [1.29, 1.82) is 0 Å². The summed E-state index contributed by atoms with van der Waals surface area (Å²) in [6, 6.07) is 8.87. The van der Waals surface area contributed by atoms with Crippen LogP contribution in [0.2, 0.25) is 5.02 Å². The van der Waals surface area contributed by atoms with Gasteiger partial charge in [-0.25, -0.2) is 4.39 Å². The summed E-state index contributed by atoms with van der Waals surface area (Å²) in [6.07, 6.45) is 1.59. The smallest absolute Gasteiger partial charge is 0.313 e. The molecular formula is C14H11ClFN3O2. The molecule has 0 saturated carbocycles. The highest BCUT2D eigenvalue weighted by Crippen LogP contribution is 2.19. The molecular weight excluding hydrogens is 297 g/mol. The number of hydrogen-bond donors (Lipinski definition) is 2. The summed E-state index contributed by atoms with van der Waals surface area (Å²) < 4.78 is 13.0. The van der Waals surface area contributed by atoms with Crippen molar-refractivity contribution >= 4 is 29.1 Å². The maximum Gasteiger partial charge on any atom is 0.313 e. The van der Waals surface area contributed by atoms with Crippen molar-refractivity contribution in [2.75, 3.05) is 5.32 Å². The zero-order valence-electron chi connectivity index (χ0n) is 10.8. The van der Waals surface area contributed by atoms with Gasteiger partial charge in [-0.05, 0) is 30.3 Å². The fourth-order valence-electron chi connectivity index (χ4n) is 1.52. The average molecular weight is 308 g/mol. The summed E-state index contributed by atoms with van der Waals surface area (Å²) in [6.45, 7) is 0.136. The Kier molecular flexibility index (Phi) is 4.84. The van der Waals surface area contributed by atoms with Crippen molar-refractivity contribution in [1.82, 2.24) is 10.3 Å². The van der Waals surface area contributed by atoms with Crippen LogP contribution in [0.3, 0.4) is 0 Å². The van der Waals surface area contributed by atoms with Crippen LogP contribution in [0.25, 0.3) is 0 Å². The van der Waals surface area contributed by atoms with Crippen LogP contribution in [0.4, 0.5) is 10.1 Å². The van der Waals surface area contributed by atoms with Gasteiger partial charge in [0.25, 0.3) is 0 Å². The topological polar surface area (TPSA) is 71.1 Å². The summed E-state index contributed by atoms with van der Waals surface area (Å²) in [7, 11) is 0. The number of pyridine rings is 1. The SMILES string of the molecule is O=C(NCc1ccccn1)C(=O)Nc1ccc(F)c(Cl)c1. The molecule has 0 aliphatic carbocycles. The van der Waals surface area contributed by atoms with Crippen molar-refractivity contribution in [2.45, 2.75) is 6.54 Å². The molecule has 21 heavy (non-hydrogen) atoms. The molecule has 2 amide bonds. The third-order valence-electron chi connectivity index (χ3n) is 2.54. The molecule has 0 saturated heterocycles. The molecule has 0 aliphatic rings. The monoisotopic (exact) mass is 307 g/mol. The molecule has 2 aromatic rings. The molecule has 1 heterocycles. The summed E-state index contributed by atoms with van der Waals surface area (Å²) in [5.41, 5.74) is 0.864. The number of halogens is 2. The Hall–Kier alpha value is -2.47. The van der Waals surface area contributed by atoms with Gasteiger partial charge in [0.2, 0.25) is 0 Å². The minimum Gasteiger partial charge on any atom is -0.342 e. The first kappa shape index (κ1) is 14.9. The van der Waals surface area contributed by atoms with Crippen LogP contribution in [0.15, 0.2) is 42.6 Å². The van der Waals surface area contributed by atoms with E-state index >= 15 is 0 Å². The van der Waals surface area contributed by atoms with Crippen LogP contribution in [0, 0.1) is 5.82 Å². The van der Waals surface area contributed by atoms with Crippen molar-refractivity contribution < 1.29 is 14.0 Å². The zero-order valence-corrected chi connectivity index (χ0v) is 11.5. The quantitative estimate of drug-likeness (QED) is 0.853. The average Bonchev–Trinajstić information content (AvgIpc) is 2.49. The number of aromatic nitrogens is 1. The van der Waals surface area contributed by atoms with Gasteiger partial charge in [0, 0.05) is 11.9 Å². The molecule has 7 heteroatoms. The minimum atomic E-state index is -0.867. The Labute approximate surface area is 125 Å². The third-order valence-corrected chi connectivity index (χ3v) is 2.83. The van der Waals surface area contributed by atoms with Gasteiger partial charge in [0.05, 0.1) is 17.3 Å². The van der Waals surface area contributed by atoms with Gasteiger partial charge in [-0.1, -0.05) is 17.7 Å². The van der Waals surface area contributed by atoms with E-state index in [0.29, 0.717) is 5.69 Å². The Morgan fingerprint density at radius 2 is 2.00 bits per heavy atom. The fourth-order valence-corrected chi connectivity index (χ4v) is 1.70. The molecule has 2 N–H and O–H groups in total. The molecule has 1 aromatic carbocycles. The van der Waals surface area contributed by atoms with E-state index < -0.39 is 17.6 Å². The van der Waals surface area contributed by atoms with E-state index in [1.807, 2.05) is 0 Å². The second-order valence-corrected chi connectivity index (χ2v) is 4.49. The molecule has 5 nitrogen and oxygen atoms in total. The van der Waals surface area contributed by atoms with Crippen molar-refractivity contribution in [3.8, 4) is 0 Å². The molecule has 0 fully saturated rings. The number of carbonyl (C=O) groups excluding carboxylic acids is 2. The molecule has 1 aromatic heterocycles. The Morgan fingerprint density at radius 3 is 2.67 bits per heavy atom. The highest BCUT2D eigenvalue weighted by atomic mass is 35.5. The molecule has 0 aliphatic heterocycles. The van der Waals surface area contributed by atoms with Crippen LogP contribution in [-0.4, -0.2) is 16.8 Å². The van der Waals surface area contributed by atoms with Crippen LogP contribution in [0.5, 0.6) is 0 Å². The van der Waals surface area contributed by atoms with Gasteiger partial charge in [0.1, 0.15) is 5.82 Å². The molecule has 0 bridgehead atoms. The van der Waals surface area contributed by atoms with E-state index in [1.165, 1.54) is 12.1 Å². The number of nitrogens with one attached hydrogen (secondary N) is 2. The number of carbonyl (C=O) groups is 2. The number of amides is 2. The number of nitrogens with zero attached hydrogens (tertiary/aromatic N) is 1. The van der Waals surface area contributed by atoms with E-state index in [-0.39, 0.29) is 17.3 Å². The zero-order chi connectivity index (χ0) is 15.2. The predicted octanol–water partition coefficient (Wildman–Crippen LogP) is 2.13. The van der Waals surface area contributed by atoms with E-state index in [2.05, 4.69) is 15.6 Å². The largest absolute Gasteiger partial charge is 0.342 e.